The van der Waals surface area contributed by atoms with Gasteiger partial charge in [0.1, 0.15) is 12.3 Å². The number of carbonyl (C=O) groups is 4. The molecule has 0 radical (unpaired) electrons. The van der Waals surface area contributed by atoms with Crippen molar-refractivity contribution in [2.24, 2.45) is 29.6 Å². The van der Waals surface area contributed by atoms with E-state index in [-0.39, 0.29) is 66.9 Å². The first-order chi connectivity index (χ1) is 16.2. The maximum absolute atomic E-state index is 13.9. The van der Waals surface area contributed by atoms with Crippen molar-refractivity contribution in [3.63, 3.8) is 0 Å². The highest BCUT2D eigenvalue weighted by molar-refractivity contribution is 7.59. The van der Waals surface area contributed by atoms with Gasteiger partial charge in [0.05, 0.1) is 6.61 Å². The Morgan fingerprint density at radius 2 is 1.63 bits per heavy atom. The first-order valence-corrected chi connectivity index (χ1v) is 14.8. The average Bonchev–Trinajstić information content (AvgIpc) is 2.98. The van der Waals surface area contributed by atoms with Crippen molar-refractivity contribution in [3.05, 3.63) is 0 Å². The van der Waals surface area contributed by atoms with Crippen molar-refractivity contribution in [1.29, 1.82) is 0 Å². The number of carbonyl (C=O) groups excluding carboxylic acids is 4. The molecule has 10 heteroatoms. The summed E-state index contributed by atoms with van der Waals surface area (Å²) in [6, 6.07) is -0.702. The summed E-state index contributed by atoms with van der Waals surface area (Å²) < 4.78 is 19.6. The van der Waals surface area contributed by atoms with Gasteiger partial charge in [0.2, 0.25) is 31.0 Å². The molecule has 0 aromatic carbocycles. The monoisotopic (exact) mass is 515 g/mol. The number of nitrogens with one attached hydrogen (secondary N) is 2. The van der Waals surface area contributed by atoms with E-state index in [1.54, 1.807) is 6.92 Å². The van der Waals surface area contributed by atoms with Crippen molar-refractivity contribution in [2.45, 2.75) is 80.2 Å². The molecule has 9 nitrogen and oxygen atoms in total. The second-order valence-corrected chi connectivity index (χ2v) is 13.4. The molecule has 4 amide bonds. The molecule has 1 aliphatic heterocycles. The van der Waals surface area contributed by atoms with Crippen LogP contribution in [0.25, 0.3) is 0 Å². The largest absolute Gasteiger partial charge is 0.357 e. The molecular formula is C25H46N3O6P. The number of imide groups is 1. The quantitative estimate of drug-likeness (QED) is 0.254. The van der Waals surface area contributed by atoms with Crippen LogP contribution in [-0.4, -0.2) is 60.7 Å². The molecule has 1 fully saturated rings. The van der Waals surface area contributed by atoms with Gasteiger partial charge in [-0.3, -0.25) is 28.6 Å². The van der Waals surface area contributed by atoms with Crippen molar-refractivity contribution in [1.82, 2.24) is 15.5 Å². The SMILES string of the molecule is CCOP(=O)(CC(CC(C)C)C(=O)N[C@@H](CC(C)C)C(=O)NC)CN1C(=O)C[C@H](CC(C)C)C1=O. The molecule has 0 saturated carbocycles. The third kappa shape index (κ3) is 10.0. The highest BCUT2D eigenvalue weighted by atomic mass is 31.2. The van der Waals surface area contributed by atoms with Gasteiger partial charge in [0, 0.05) is 31.5 Å². The molecule has 35 heavy (non-hydrogen) atoms. The van der Waals surface area contributed by atoms with Gasteiger partial charge in [-0.05, 0) is 43.9 Å². The van der Waals surface area contributed by atoms with Gasteiger partial charge in [-0.2, -0.15) is 0 Å². The highest BCUT2D eigenvalue weighted by Gasteiger charge is 2.43. The van der Waals surface area contributed by atoms with Crippen LogP contribution < -0.4 is 10.6 Å². The number of rotatable bonds is 15. The summed E-state index contributed by atoms with van der Waals surface area (Å²) in [7, 11) is -2.03. The zero-order valence-electron chi connectivity index (χ0n) is 22.8. The van der Waals surface area contributed by atoms with Crippen LogP contribution in [0.5, 0.6) is 0 Å². The van der Waals surface area contributed by atoms with Crippen molar-refractivity contribution < 1.29 is 28.3 Å². The molecule has 2 unspecified atom stereocenters. The Kier molecular flexibility index (Phi) is 12.6. The zero-order valence-corrected chi connectivity index (χ0v) is 23.7. The van der Waals surface area contributed by atoms with Crippen LogP contribution >= 0.6 is 7.37 Å². The second kappa shape index (κ2) is 14.1. The van der Waals surface area contributed by atoms with E-state index >= 15 is 0 Å². The molecule has 0 aromatic heterocycles. The van der Waals surface area contributed by atoms with E-state index in [0.717, 1.165) is 4.90 Å². The van der Waals surface area contributed by atoms with Crippen LogP contribution in [0.4, 0.5) is 0 Å². The molecule has 0 aromatic rings. The van der Waals surface area contributed by atoms with Crippen LogP contribution in [0.1, 0.15) is 74.1 Å². The first kappa shape index (κ1) is 31.3. The molecule has 0 aliphatic carbocycles. The number of hydrogen-bond donors (Lipinski definition) is 2. The Balaban J connectivity index is 3.12. The molecule has 0 bridgehead atoms. The Bertz CT molecular complexity index is 798. The van der Waals surface area contributed by atoms with E-state index in [2.05, 4.69) is 10.6 Å². The number of nitrogens with zero attached hydrogens (tertiary/aromatic N) is 1. The Morgan fingerprint density at radius 1 is 1.03 bits per heavy atom. The molecule has 1 aliphatic rings. The summed E-state index contributed by atoms with van der Waals surface area (Å²) in [6.07, 6.45) is 1.19. The fourth-order valence-electron chi connectivity index (χ4n) is 4.59. The molecule has 2 N–H and O–H groups in total. The lowest BCUT2D eigenvalue weighted by molar-refractivity contribution is -0.138. The fourth-order valence-corrected chi connectivity index (χ4v) is 7.08. The van der Waals surface area contributed by atoms with E-state index in [9.17, 15) is 23.7 Å². The average molecular weight is 516 g/mol. The van der Waals surface area contributed by atoms with Crippen molar-refractivity contribution in [2.75, 3.05) is 26.1 Å². The van der Waals surface area contributed by atoms with Gasteiger partial charge in [0.15, 0.2) is 0 Å². The third-order valence-electron chi connectivity index (χ3n) is 6.03. The van der Waals surface area contributed by atoms with E-state index in [0.29, 0.717) is 19.3 Å². The van der Waals surface area contributed by atoms with Gasteiger partial charge < -0.3 is 15.2 Å². The minimum Gasteiger partial charge on any atom is -0.357 e. The van der Waals surface area contributed by atoms with E-state index in [4.69, 9.17) is 4.52 Å². The molecule has 0 spiro atoms. The van der Waals surface area contributed by atoms with Crippen LogP contribution in [-0.2, 0) is 28.3 Å². The molecule has 202 valence electrons. The Labute approximate surface area is 210 Å². The zero-order chi connectivity index (χ0) is 26.9. The van der Waals surface area contributed by atoms with Crippen LogP contribution in [0.2, 0.25) is 0 Å². The van der Waals surface area contributed by atoms with Gasteiger partial charge in [-0.1, -0.05) is 41.5 Å². The molecule has 1 rings (SSSR count). The van der Waals surface area contributed by atoms with Gasteiger partial charge >= 0.3 is 0 Å². The molecule has 4 atom stereocenters. The molecule has 1 heterocycles. The number of amides is 4. The molecule has 1 saturated heterocycles. The van der Waals surface area contributed by atoms with Crippen LogP contribution in [0, 0.1) is 29.6 Å². The molecular weight excluding hydrogens is 469 g/mol. The minimum atomic E-state index is -3.55. The topological polar surface area (TPSA) is 122 Å². The first-order valence-electron chi connectivity index (χ1n) is 12.8. The Morgan fingerprint density at radius 3 is 2.11 bits per heavy atom. The second-order valence-electron chi connectivity index (χ2n) is 10.9. The van der Waals surface area contributed by atoms with Gasteiger partial charge in [-0.25, -0.2) is 0 Å². The summed E-state index contributed by atoms with van der Waals surface area (Å²) in [6.45, 7) is 13.7. The highest BCUT2D eigenvalue weighted by Crippen LogP contribution is 2.51. The summed E-state index contributed by atoms with van der Waals surface area (Å²) in [5.41, 5.74) is 0. The lowest BCUT2D eigenvalue weighted by Crippen LogP contribution is -2.49. The van der Waals surface area contributed by atoms with E-state index < -0.39 is 25.2 Å². The lowest BCUT2D eigenvalue weighted by Gasteiger charge is -2.28. The standard InChI is InChI=1S/C25H46N3O6P/c1-9-34-35(33,15-28-22(29)13-19(25(28)32)10-16(2)3)14-20(11-17(4)5)23(30)27-21(12-18(6)7)24(31)26-8/h16-21H,9-15H2,1-8H3,(H,26,31)(H,27,30)/t19-,20?,21-,35?/m0/s1. The number of likely N-dealkylation sites (tertiary alicyclic amines) is 1. The normalized spacial score (nSPS) is 19.9. The Hall–Kier alpha value is -1.73. The van der Waals surface area contributed by atoms with E-state index in [1.165, 1.54) is 7.05 Å². The van der Waals surface area contributed by atoms with Crippen molar-refractivity contribution >= 4 is 31.0 Å². The minimum absolute atomic E-state index is 0.0983. The van der Waals surface area contributed by atoms with E-state index in [1.807, 2.05) is 41.5 Å². The maximum Gasteiger partial charge on any atom is 0.242 e. The maximum atomic E-state index is 13.9. The van der Waals surface area contributed by atoms with Crippen LogP contribution in [0.3, 0.4) is 0 Å². The predicted molar refractivity (Wildman–Crippen MR) is 137 cm³/mol. The predicted octanol–water partition coefficient (Wildman–Crippen LogP) is 3.62. The van der Waals surface area contributed by atoms with Gasteiger partial charge in [0.25, 0.3) is 0 Å². The van der Waals surface area contributed by atoms with Crippen molar-refractivity contribution in [3.8, 4) is 0 Å². The lowest BCUT2D eigenvalue weighted by atomic mass is 9.96. The third-order valence-corrected chi connectivity index (χ3v) is 8.47. The summed E-state index contributed by atoms with van der Waals surface area (Å²) >= 11 is 0. The number of likely N-dealkylation sites (N-methyl/N-ethyl adjacent to an activating group) is 1. The smallest absolute Gasteiger partial charge is 0.242 e. The fraction of sp³-hybridized carbons (Fsp3) is 0.840. The summed E-state index contributed by atoms with van der Waals surface area (Å²) in [5, 5.41) is 5.42. The summed E-state index contributed by atoms with van der Waals surface area (Å²) in [4.78, 5) is 52.2. The van der Waals surface area contributed by atoms with Gasteiger partial charge in [-0.15, -0.1) is 0 Å². The van der Waals surface area contributed by atoms with Crippen LogP contribution in [0.15, 0.2) is 0 Å². The summed E-state index contributed by atoms with van der Waals surface area (Å²) in [5.74, 6) is -1.85. The number of hydrogen-bond acceptors (Lipinski definition) is 6.